The molecule has 18 heavy (non-hydrogen) atoms. The van der Waals surface area contributed by atoms with Crippen molar-refractivity contribution in [3.63, 3.8) is 0 Å². The van der Waals surface area contributed by atoms with Crippen molar-refractivity contribution in [1.29, 1.82) is 0 Å². The van der Waals surface area contributed by atoms with Gasteiger partial charge in [0.2, 0.25) is 0 Å². The lowest BCUT2D eigenvalue weighted by Gasteiger charge is -2.16. The molecule has 1 nitrogen and oxygen atoms in total. The number of halogens is 2. The average molecular weight is 281 g/mol. The van der Waals surface area contributed by atoms with E-state index < -0.39 is 6.10 Å². The summed E-state index contributed by atoms with van der Waals surface area (Å²) in [5.74, 6) is 0. The normalized spacial score (nSPS) is 12.5. The minimum absolute atomic E-state index is 0.410. The van der Waals surface area contributed by atoms with E-state index in [1.165, 1.54) is 0 Å². The minimum Gasteiger partial charge on any atom is -0.384 e. The molecule has 0 spiro atoms. The first-order valence-corrected chi connectivity index (χ1v) is 6.45. The van der Waals surface area contributed by atoms with Gasteiger partial charge in [-0.25, -0.2) is 0 Å². The molecule has 0 saturated heterocycles. The average Bonchev–Trinajstić information content (AvgIpc) is 2.35. The molecule has 0 fully saturated rings. The van der Waals surface area contributed by atoms with E-state index >= 15 is 0 Å². The van der Waals surface area contributed by atoms with Gasteiger partial charge in [0.15, 0.2) is 0 Å². The summed E-state index contributed by atoms with van der Waals surface area (Å²) in [4.78, 5) is 0. The Balaban J connectivity index is 2.51. The molecule has 0 aliphatic carbocycles. The Kier molecular flexibility index (Phi) is 3.96. The van der Waals surface area contributed by atoms with Crippen molar-refractivity contribution in [2.45, 2.75) is 20.0 Å². The van der Waals surface area contributed by atoms with E-state index in [1.807, 2.05) is 32.0 Å². The maximum Gasteiger partial charge on any atom is 0.106 e. The first-order chi connectivity index (χ1) is 8.50. The van der Waals surface area contributed by atoms with Crippen molar-refractivity contribution in [3.8, 4) is 0 Å². The van der Waals surface area contributed by atoms with Crippen molar-refractivity contribution >= 4 is 23.2 Å². The number of aliphatic hydroxyl groups is 1. The van der Waals surface area contributed by atoms with E-state index in [2.05, 4.69) is 0 Å². The zero-order valence-electron chi connectivity index (χ0n) is 10.2. The standard InChI is InChI=1S/C15H14Cl2O/c1-9-6-7-10(2)12(8-9)15(18)11-4-3-5-13(16)14(11)17/h3-8,15,18H,1-2H3. The molecule has 2 aromatic rings. The summed E-state index contributed by atoms with van der Waals surface area (Å²) in [7, 11) is 0. The van der Waals surface area contributed by atoms with Crippen LogP contribution in [-0.4, -0.2) is 5.11 Å². The zero-order valence-corrected chi connectivity index (χ0v) is 11.8. The first kappa shape index (κ1) is 13.4. The zero-order chi connectivity index (χ0) is 13.3. The van der Waals surface area contributed by atoms with Crippen molar-refractivity contribution in [2.24, 2.45) is 0 Å². The fourth-order valence-corrected chi connectivity index (χ4v) is 2.36. The Hall–Kier alpha value is -1.02. The first-order valence-electron chi connectivity index (χ1n) is 5.70. The van der Waals surface area contributed by atoms with Gasteiger partial charge in [0.05, 0.1) is 10.0 Å². The van der Waals surface area contributed by atoms with Crippen LogP contribution in [0.15, 0.2) is 36.4 Å². The summed E-state index contributed by atoms with van der Waals surface area (Å²) >= 11 is 12.1. The van der Waals surface area contributed by atoms with Crippen LogP contribution in [0.25, 0.3) is 0 Å². The van der Waals surface area contributed by atoms with Crippen LogP contribution >= 0.6 is 23.2 Å². The maximum absolute atomic E-state index is 10.5. The van der Waals surface area contributed by atoms with Gasteiger partial charge in [-0.05, 0) is 31.0 Å². The van der Waals surface area contributed by atoms with Crippen molar-refractivity contribution in [1.82, 2.24) is 0 Å². The Morgan fingerprint density at radius 3 is 2.44 bits per heavy atom. The molecule has 2 aromatic carbocycles. The molecule has 2 rings (SSSR count). The Labute approximate surface area is 117 Å². The summed E-state index contributed by atoms with van der Waals surface area (Å²) in [5, 5.41) is 11.3. The molecule has 0 aromatic heterocycles. The lowest BCUT2D eigenvalue weighted by Crippen LogP contribution is -2.03. The van der Waals surface area contributed by atoms with Crippen molar-refractivity contribution < 1.29 is 5.11 Å². The third kappa shape index (κ3) is 2.54. The van der Waals surface area contributed by atoms with Crippen LogP contribution in [-0.2, 0) is 0 Å². The van der Waals surface area contributed by atoms with Gasteiger partial charge in [-0.3, -0.25) is 0 Å². The van der Waals surface area contributed by atoms with Crippen LogP contribution in [0.2, 0.25) is 10.0 Å². The molecule has 3 heteroatoms. The van der Waals surface area contributed by atoms with Crippen LogP contribution < -0.4 is 0 Å². The Bertz CT molecular complexity index is 577. The highest BCUT2D eigenvalue weighted by molar-refractivity contribution is 6.42. The van der Waals surface area contributed by atoms with Gasteiger partial charge >= 0.3 is 0 Å². The van der Waals surface area contributed by atoms with E-state index in [4.69, 9.17) is 23.2 Å². The summed E-state index contributed by atoms with van der Waals surface area (Å²) in [5.41, 5.74) is 3.63. The van der Waals surface area contributed by atoms with Crippen LogP contribution in [0.5, 0.6) is 0 Å². The monoisotopic (exact) mass is 280 g/mol. The van der Waals surface area contributed by atoms with Crippen LogP contribution in [0.3, 0.4) is 0 Å². The molecular weight excluding hydrogens is 267 g/mol. The Morgan fingerprint density at radius 1 is 1.00 bits per heavy atom. The van der Waals surface area contributed by atoms with Gasteiger partial charge in [-0.15, -0.1) is 0 Å². The molecular formula is C15H14Cl2O. The second-order valence-corrected chi connectivity index (χ2v) is 5.19. The van der Waals surface area contributed by atoms with Crippen LogP contribution in [0.4, 0.5) is 0 Å². The number of rotatable bonds is 2. The van der Waals surface area contributed by atoms with E-state index in [-0.39, 0.29) is 0 Å². The molecule has 1 unspecified atom stereocenters. The molecule has 94 valence electrons. The fourth-order valence-electron chi connectivity index (χ4n) is 1.95. The third-order valence-corrected chi connectivity index (χ3v) is 3.84. The predicted octanol–water partition coefficient (Wildman–Crippen LogP) is 4.69. The smallest absolute Gasteiger partial charge is 0.106 e. The topological polar surface area (TPSA) is 20.2 Å². The summed E-state index contributed by atoms with van der Waals surface area (Å²) in [6.07, 6.45) is -0.754. The molecule has 1 N–H and O–H groups in total. The van der Waals surface area contributed by atoms with E-state index in [1.54, 1.807) is 18.2 Å². The van der Waals surface area contributed by atoms with Crippen LogP contribution in [0, 0.1) is 13.8 Å². The molecule has 1 atom stereocenters. The Morgan fingerprint density at radius 2 is 1.72 bits per heavy atom. The van der Waals surface area contributed by atoms with Crippen molar-refractivity contribution in [2.75, 3.05) is 0 Å². The van der Waals surface area contributed by atoms with E-state index in [0.29, 0.717) is 15.6 Å². The quantitative estimate of drug-likeness (QED) is 0.846. The SMILES string of the molecule is Cc1ccc(C)c(C(O)c2cccc(Cl)c2Cl)c1. The number of hydrogen-bond acceptors (Lipinski definition) is 1. The lowest BCUT2D eigenvalue weighted by molar-refractivity contribution is 0.219. The molecule has 0 saturated carbocycles. The molecule has 0 aliphatic rings. The minimum atomic E-state index is -0.754. The second-order valence-electron chi connectivity index (χ2n) is 4.41. The second kappa shape index (κ2) is 5.31. The van der Waals surface area contributed by atoms with Crippen molar-refractivity contribution in [3.05, 3.63) is 68.7 Å². The van der Waals surface area contributed by atoms with Gasteiger partial charge in [-0.2, -0.15) is 0 Å². The highest BCUT2D eigenvalue weighted by atomic mass is 35.5. The van der Waals surface area contributed by atoms with E-state index in [0.717, 1.165) is 16.7 Å². The fraction of sp³-hybridized carbons (Fsp3) is 0.200. The van der Waals surface area contributed by atoms with E-state index in [9.17, 15) is 5.11 Å². The summed E-state index contributed by atoms with van der Waals surface area (Å²) in [6, 6.07) is 11.3. The predicted molar refractivity (Wildman–Crippen MR) is 76.4 cm³/mol. The van der Waals surface area contributed by atoms with Crippen LogP contribution in [0.1, 0.15) is 28.4 Å². The highest BCUT2D eigenvalue weighted by Gasteiger charge is 2.17. The number of hydrogen-bond donors (Lipinski definition) is 1. The number of benzene rings is 2. The highest BCUT2D eigenvalue weighted by Crippen LogP contribution is 2.34. The molecule has 0 bridgehead atoms. The summed E-state index contributed by atoms with van der Waals surface area (Å²) < 4.78 is 0. The van der Waals surface area contributed by atoms with Gasteiger partial charge in [0, 0.05) is 5.56 Å². The van der Waals surface area contributed by atoms with Gasteiger partial charge < -0.3 is 5.11 Å². The molecule has 0 heterocycles. The van der Waals surface area contributed by atoms with Gasteiger partial charge in [0.1, 0.15) is 6.10 Å². The number of aliphatic hydroxyl groups excluding tert-OH is 1. The summed E-state index contributed by atoms with van der Waals surface area (Å²) in [6.45, 7) is 3.96. The lowest BCUT2D eigenvalue weighted by atomic mass is 9.96. The van der Waals surface area contributed by atoms with Gasteiger partial charge in [-0.1, -0.05) is 59.1 Å². The molecule has 0 radical (unpaired) electrons. The molecule has 0 amide bonds. The van der Waals surface area contributed by atoms with Gasteiger partial charge in [0.25, 0.3) is 0 Å². The number of aryl methyl sites for hydroxylation is 2. The largest absolute Gasteiger partial charge is 0.384 e. The molecule has 0 aliphatic heterocycles. The third-order valence-electron chi connectivity index (χ3n) is 3.01. The maximum atomic E-state index is 10.5.